The molecule has 0 unspecified atom stereocenters. The van der Waals surface area contributed by atoms with Crippen LogP contribution in [0.5, 0.6) is 0 Å². The normalized spacial score (nSPS) is 10.9. The van der Waals surface area contributed by atoms with Crippen LogP contribution in [0.1, 0.15) is 11.3 Å². The SMILES string of the molecule is N#Cc1cccc(Nc2cc(C(F)(F)F)nc(NCCO)n2)c1. The lowest BCUT2D eigenvalue weighted by atomic mass is 10.2. The molecule has 2 aromatic rings. The molecule has 0 aliphatic rings. The molecule has 6 nitrogen and oxygen atoms in total. The molecule has 0 fully saturated rings. The maximum atomic E-state index is 12.9. The predicted molar refractivity (Wildman–Crippen MR) is 77.0 cm³/mol. The minimum absolute atomic E-state index is 0.0185. The highest BCUT2D eigenvalue weighted by Crippen LogP contribution is 2.30. The first kappa shape index (κ1) is 16.5. The van der Waals surface area contributed by atoms with E-state index in [0.717, 1.165) is 6.07 Å². The lowest BCUT2D eigenvalue weighted by Crippen LogP contribution is -2.15. The zero-order valence-corrected chi connectivity index (χ0v) is 11.7. The molecule has 23 heavy (non-hydrogen) atoms. The van der Waals surface area contributed by atoms with Crippen molar-refractivity contribution in [1.29, 1.82) is 5.26 Å². The number of rotatable bonds is 5. The Morgan fingerprint density at radius 3 is 2.65 bits per heavy atom. The van der Waals surface area contributed by atoms with Gasteiger partial charge in [-0.2, -0.15) is 23.4 Å². The van der Waals surface area contributed by atoms with Gasteiger partial charge in [0, 0.05) is 18.3 Å². The molecular formula is C14H12F3N5O. The van der Waals surface area contributed by atoms with Crippen LogP contribution in [-0.4, -0.2) is 28.2 Å². The van der Waals surface area contributed by atoms with Crippen molar-refractivity contribution in [3.63, 3.8) is 0 Å². The molecule has 0 aliphatic heterocycles. The zero-order valence-electron chi connectivity index (χ0n) is 11.7. The molecule has 0 spiro atoms. The maximum Gasteiger partial charge on any atom is 0.433 e. The molecule has 3 N–H and O–H groups in total. The second kappa shape index (κ2) is 6.93. The molecule has 1 heterocycles. The molecule has 0 radical (unpaired) electrons. The number of aromatic nitrogens is 2. The first-order valence-electron chi connectivity index (χ1n) is 6.50. The quantitative estimate of drug-likeness (QED) is 0.783. The Morgan fingerprint density at radius 1 is 1.22 bits per heavy atom. The highest BCUT2D eigenvalue weighted by atomic mass is 19.4. The highest BCUT2D eigenvalue weighted by molar-refractivity contribution is 5.59. The number of halogens is 3. The van der Waals surface area contributed by atoms with Gasteiger partial charge in [-0.25, -0.2) is 4.98 Å². The van der Waals surface area contributed by atoms with Crippen molar-refractivity contribution in [3.05, 3.63) is 41.6 Å². The van der Waals surface area contributed by atoms with Crippen LogP contribution in [0.3, 0.4) is 0 Å². The number of nitriles is 1. The summed E-state index contributed by atoms with van der Waals surface area (Å²) in [5, 5.41) is 22.8. The third-order valence-corrected chi connectivity index (χ3v) is 2.68. The van der Waals surface area contributed by atoms with Gasteiger partial charge in [0.2, 0.25) is 5.95 Å². The number of aliphatic hydroxyl groups is 1. The van der Waals surface area contributed by atoms with Crippen molar-refractivity contribution in [2.45, 2.75) is 6.18 Å². The number of hydrogen-bond acceptors (Lipinski definition) is 6. The van der Waals surface area contributed by atoms with E-state index >= 15 is 0 Å². The Balaban J connectivity index is 2.34. The van der Waals surface area contributed by atoms with Crippen LogP contribution < -0.4 is 10.6 Å². The average Bonchev–Trinajstić information content (AvgIpc) is 2.52. The summed E-state index contributed by atoms with van der Waals surface area (Å²) in [4.78, 5) is 7.27. The first-order valence-corrected chi connectivity index (χ1v) is 6.50. The van der Waals surface area contributed by atoms with E-state index in [9.17, 15) is 13.2 Å². The third kappa shape index (κ3) is 4.55. The van der Waals surface area contributed by atoms with E-state index in [2.05, 4.69) is 20.6 Å². The Hall–Kier alpha value is -2.86. The lowest BCUT2D eigenvalue weighted by molar-refractivity contribution is -0.141. The molecule has 0 atom stereocenters. The van der Waals surface area contributed by atoms with E-state index in [4.69, 9.17) is 10.4 Å². The smallest absolute Gasteiger partial charge is 0.395 e. The maximum absolute atomic E-state index is 12.9. The molecule has 9 heteroatoms. The molecule has 1 aromatic heterocycles. The van der Waals surface area contributed by atoms with Gasteiger partial charge in [-0.3, -0.25) is 0 Å². The van der Waals surface area contributed by atoms with Gasteiger partial charge in [0.1, 0.15) is 5.82 Å². The van der Waals surface area contributed by atoms with Crippen LogP contribution >= 0.6 is 0 Å². The summed E-state index contributed by atoms with van der Waals surface area (Å²) in [5.41, 5.74) is -0.338. The van der Waals surface area contributed by atoms with Gasteiger partial charge >= 0.3 is 6.18 Å². The number of nitrogens with zero attached hydrogens (tertiary/aromatic N) is 3. The summed E-state index contributed by atoms with van der Waals surface area (Å²) in [7, 11) is 0. The fraction of sp³-hybridized carbons (Fsp3) is 0.214. The van der Waals surface area contributed by atoms with Gasteiger partial charge in [-0.05, 0) is 18.2 Å². The second-order valence-electron chi connectivity index (χ2n) is 4.43. The average molecular weight is 323 g/mol. The first-order chi connectivity index (χ1) is 10.9. The molecule has 0 aliphatic carbocycles. The van der Waals surface area contributed by atoms with Gasteiger partial charge in [-0.1, -0.05) is 6.07 Å². The van der Waals surface area contributed by atoms with E-state index in [0.29, 0.717) is 11.3 Å². The second-order valence-corrected chi connectivity index (χ2v) is 4.43. The highest BCUT2D eigenvalue weighted by Gasteiger charge is 2.33. The third-order valence-electron chi connectivity index (χ3n) is 2.68. The van der Waals surface area contributed by atoms with Crippen molar-refractivity contribution in [1.82, 2.24) is 9.97 Å². The van der Waals surface area contributed by atoms with Crippen molar-refractivity contribution < 1.29 is 18.3 Å². The van der Waals surface area contributed by atoms with Crippen LogP contribution in [0, 0.1) is 11.3 Å². The predicted octanol–water partition coefficient (Wildman–Crippen LogP) is 2.51. The summed E-state index contributed by atoms with van der Waals surface area (Å²) in [5.74, 6) is -0.337. The lowest BCUT2D eigenvalue weighted by Gasteiger charge is -2.12. The fourth-order valence-corrected chi connectivity index (χ4v) is 1.72. The number of hydrogen-bond donors (Lipinski definition) is 3. The Bertz CT molecular complexity index is 727. The van der Waals surface area contributed by atoms with E-state index < -0.39 is 11.9 Å². The van der Waals surface area contributed by atoms with Crippen molar-refractivity contribution >= 4 is 17.5 Å². The van der Waals surface area contributed by atoms with E-state index in [1.165, 1.54) is 6.07 Å². The van der Waals surface area contributed by atoms with E-state index in [1.807, 2.05) is 6.07 Å². The minimum atomic E-state index is -4.64. The molecule has 0 saturated heterocycles. The van der Waals surface area contributed by atoms with Gasteiger partial charge in [-0.15, -0.1) is 0 Å². The molecule has 0 bridgehead atoms. The fourth-order valence-electron chi connectivity index (χ4n) is 1.72. The van der Waals surface area contributed by atoms with Gasteiger partial charge < -0.3 is 15.7 Å². The Labute approximate surface area is 129 Å². The van der Waals surface area contributed by atoms with Gasteiger partial charge in [0.15, 0.2) is 5.69 Å². The minimum Gasteiger partial charge on any atom is -0.395 e. The zero-order chi connectivity index (χ0) is 16.9. The number of aliphatic hydroxyl groups excluding tert-OH is 1. The van der Waals surface area contributed by atoms with Crippen molar-refractivity contribution in [3.8, 4) is 6.07 Å². The summed E-state index contributed by atoms with van der Waals surface area (Å²) in [6, 6.07) is 8.94. The number of nitrogens with one attached hydrogen (secondary N) is 2. The van der Waals surface area contributed by atoms with Crippen LogP contribution in [0.25, 0.3) is 0 Å². The largest absolute Gasteiger partial charge is 0.433 e. The molecule has 1 aromatic carbocycles. The van der Waals surface area contributed by atoms with Gasteiger partial charge in [0.05, 0.1) is 18.2 Å². The summed E-state index contributed by atoms with van der Waals surface area (Å²) < 4.78 is 38.7. The molecular weight excluding hydrogens is 311 g/mol. The summed E-state index contributed by atoms with van der Waals surface area (Å²) in [6.45, 7) is -0.253. The van der Waals surface area contributed by atoms with Crippen molar-refractivity contribution in [2.75, 3.05) is 23.8 Å². The standard InChI is InChI=1S/C14H12F3N5O/c15-14(16,17)11-7-12(22-13(21-11)19-4-5-23)20-10-3-1-2-9(6-10)8-18/h1-3,6-7,23H,4-5H2,(H2,19,20,21,22). The van der Waals surface area contributed by atoms with Crippen LogP contribution in [0.2, 0.25) is 0 Å². The van der Waals surface area contributed by atoms with Gasteiger partial charge in [0.25, 0.3) is 0 Å². The van der Waals surface area contributed by atoms with Crippen LogP contribution in [0.4, 0.5) is 30.6 Å². The number of benzene rings is 1. The summed E-state index contributed by atoms with van der Waals surface area (Å²) in [6.07, 6.45) is -4.64. The van der Waals surface area contributed by atoms with E-state index in [-0.39, 0.29) is 24.9 Å². The topological polar surface area (TPSA) is 93.9 Å². The molecule has 0 amide bonds. The van der Waals surface area contributed by atoms with Crippen LogP contribution in [0.15, 0.2) is 30.3 Å². The molecule has 0 saturated carbocycles. The number of alkyl halides is 3. The Morgan fingerprint density at radius 2 is 2.00 bits per heavy atom. The molecule has 2 rings (SSSR count). The van der Waals surface area contributed by atoms with E-state index in [1.54, 1.807) is 18.2 Å². The van der Waals surface area contributed by atoms with Crippen LogP contribution in [-0.2, 0) is 6.18 Å². The van der Waals surface area contributed by atoms with Crippen molar-refractivity contribution in [2.24, 2.45) is 0 Å². The molecule has 120 valence electrons. The number of anilines is 3. The summed E-state index contributed by atoms with van der Waals surface area (Å²) >= 11 is 0. The Kier molecular flexibility index (Phi) is 4.98. The monoisotopic (exact) mass is 323 g/mol.